The van der Waals surface area contributed by atoms with Crippen molar-refractivity contribution in [1.82, 2.24) is 5.32 Å². The molecule has 0 spiro atoms. The summed E-state index contributed by atoms with van der Waals surface area (Å²) >= 11 is 0. The average molecular weight is 286 g/mol. The summed E-state index contributed by atoms with van der Waals surface area (Å²) in [5, 5.41) is 6.69. The minimum atomic E-state index is 0.118. The molecule has 0 bridgehead atoms. The van der Waals surface area contributed by atoms with Crippen LogP contribution in [0.25, 0.3) is 0 Å². The van der Waals surface area contributed by atoms with Crippen molar-refractivity contribution < 1.29 is 4.79 Å². The number of anilines is 1. The van der Waals surface area contributed by atoms with Gasteiger partial charge < -0.3 is 10.6 Å². The Hall–Kier alpha value is -1.35. The molecule has 1 aliphatic heterocycles. The molecule has 1 amide bonds. The van der Waals surface area contributed by atoms with E-state index in [1.807, 2.05) is 0 Å². The second kappa shape index (κ2) is 5.80. The van der Waals surface area contributed by atoms with E-state index in [-0.39, 0.29) is 5.91 Å². The standard InChI is InChI=1S/C18H26N2O/c1-3-10-19-17(18(2)8-4-5-9-18)13-6-7-15-14(11-13)12-16(21)20-15/h6-7,11,17,19H,3-5,8-10,12H2,1-2H3,(H,20,21). The van der Waals surface area contributed by atoms with Gasteiger partial charge in [-0.05, 0) is 48.4 Å². The molecule has 1 heterocycles. The molecular formula is C18H26N2O. The van der Waals surface area contributed by atoms with Crippen LogP contribution in [0, 0.1) is 5.41 Å². The first-order valence-corrected chi connectivity index (χ1v) is 8.28. The minimum absolute atomic E-state index is 0.118. The first-order valence-electron chi connectivity index (χ1n) is 8.28. The summed E-state index contributed by atoms with van der Waals surface area (Å²) in [5.41, 5.74) is 3.85. The van der Waals surface area contributed by atoms with Gasteiger partial charge in [-0.25, -0.2) is 0 Å². The normalized spacial score (nSPS) is 21.1. The van der Waals surface area contributed by atoms with Crippen molar-refractivity contribution in [3.63, 3.8) is 0 Å². The molecule has 3 heteroatoms. The molecule has 114 valence electrons. The van der Waals surface area contributed by atoms with E-state index < -0.39 is 0 Å². The summed E-state index contributed by atoms with van der Waals surface area (Å²) in [5.74, 6) is 0.118. The van der Waals surface area contributed by atoms with Gasteiger partial charge in [-0.3, -0.25) is 4.79 Å². The molecule has 1 fully saturated rings. The number of rotatable bonds is 5. The highest BCUT2D eigenvalue weighted by molar-refractivity contribution is 5.99. The number of amides is 1. The molecule has 1 saturated carbocycles. The molecule has 1 unspecified atom stereocenters. The van der Waals surface area contributed by atoms with Gasteiger partial charge in [0.25, 0.3) is 0 Å². The molecule has 1 aromatic rings. The second-order valence-corrected chi connectivity index (χ2v) is 6.89. The van der Waals surface area contributed by atoms with Crippen LogP contribution in [0.5, 0.6) is 0 Å². The molecule has 1 aromatic carbocycles. The lowest BCUT2D eigenvalue weighted by Gasteiger charge is -2.35. The molecule has 2 aliphatic rings. The average Bonchev–Trinajstić information content (AvgIpc) is 3.04. The molecular weight excluding hydrogens is 260 g/mol. The van der Waals surface area contributed by atoms with Crippen LogP contribution in [0.1, 0.15) is 63.1 Å². The summed E-state index contributed by atoms with van der Waals surface area (Å²) in [6.07, 6.45) is 6.95. The largest absolute Gasteiger partial charge is 0.326 e. The zero-order chi connectivity index (χ0) is 14.9. The van der Waals surface area contributed by atoms with Crippen molar-refractivity contribution in [3.05, 3.63) is 29.3 Å². The highest BCUT2D eigenvalue weighted by Gasteiger charge is 2.37. The Bertz CT molecular complexity index is 532. The van der Waals surface area contributed by atoms with Gasteiger partial charge in [0.1, 0.15) is 0 Å². The van der Waals surface area contributed by atoms with E-state index >= 15 is 0 Å². The fourth-order valence-electron chi connectivity index (χ4n) is 3.96. The highest BCUT2D eigenvalue weighted by atomic mass is 16.1. The van der Waals surface area contributed by atoms with E-state index in [0.717, 1.165) is 24.2 Å². The Balaban J connectivity index is 1.89. The molecule has 1 atom stereocenters. The van der Waals surface area contributed by atoms with Crippen molar-refractivity contribution in [1.29, 1.82) is 0 Å². The molecule has 0 aromatic heterocycles. The Morgan fingerprint density at radius 2 is 2.10 bits per heavy atom. The number of hydrogen-bond acceptors (Lipinski definition) is 2. The van der Waals surface area contributed by atoms with E-state index in [1.165, 1.54) is 31.2 Å². The van der Waals surface area contributed by atoms with Gasteiger partial charge in [0.2, 0.25) is 5.91 Å². The van der Waals surface area contributed by atoms with E-state index in [0.29, 0.717) is 17.9 Å². The molecule has 1 aliphatic carbocycles. The van der Waals surface area contributed by atoms with Crippen molar-refractivity contribution >= 4 is 11.6 Å². The van der Waals surface area contributed by atoms with Crippen LogP contribution in [0.15, 0.2) is 18.2 Å². The van der Waals surface area contributed by atoms with E-state index in [1.54, 1.807) is 0 Å². The zero-order valence-corrected chi connectivity index (χ0v) is 13.2. The minimum Gasteiger partial charge on any atom is -0.326 e. The Kier molecular flexibility index (Phi) is 4.03. The predicted octanol–water partition coefficient (Wildman–Crippen LogP) is 3.80. The van der Waals surface area contributed by atoms with Crippen LogP contribution >= 0.6 is 0 Å². The van der Waals surface area contributed by atoms with Gasteiger partial charge in [0.05, 0.1) is 6.42 Å². The third-order valence-electron chi connectivity index (χ3n) is 5.13. The van der Waals surface area contributed by atoms with Crippen LogP contribution in [0.2, 0.25) is 0 Å². The smallest absolute Gasteiger partial charge is 0.228 e. The fourth-order valence-corrected chi connectivity index (χ4v) is 3.96. The topological polar surface area (TPSA) is 41.1 Å². The fraction of sp³-hybridized carbons (Fsp3) is 0.611. The quantitative estimate of drug-likeness (QED) is 0.864. The van der Waals surface area contributed by atoms with Crippen LogP contribution in [-0.4, -0.2) is 12.5 Å². The lowest BCUT2D eigenvalue weighted by atomic mass is 9.77. The van der Waals surface area contributed by atoms with Gasteiger partial charge in [-0.1, -0.05) is 38.8 Å². The molecule has 0 radical (unpaired) electrons. The van der Waals surface area contributed by atoms with Crippen molar-refractivity contribution in [2.45, 2.75) is 58.4 Å². The SMILES string of the molecule is CCCNC(c1ccc2c(c1)CC(=O)N2)C1(C)CCCC1. The van der Waals surface area contributed by atoms with Gasteiger partial charge in [-0.2, -0.15) is 0 Å². The van der Waals surface area contributed by atoms with Crippen LogP contribution in [0.4, 0.5) is 5.69 Å². The second-order valence-electron chi connectivity index (χ2n) is 6.89. The van der Waals surface area contributed by atoms with Crippen molar-refractivity contribution in [3.8, 4) is 0 Å². The summed E-state index contributed by atoms with van der Waals surface area (Å²) < 4.78 is 0. The Morgan fingerprint density at radius 1 is 1.33 bits per heavy atom. The third-order valence-corrected chi connectivity index (χ3v) is 5.13. The first kappa shape index (κ1) is 14.6. The number of fused-ring (bicyclic) bond motifs is 1. The maximum atomic E-state index is 11.5. The third kappa shape index (κ3) is 2.84. The maximum Gasteiger partial charge on any atom is 0.228 e. The van der Waals surface area contributed by atoms with Crippen LogP contribution in [0.3, 0.4) is 0 Å². The molecule has 2 N–H and O–H groups in total. The maximum absolute atomic E-state index is 11.5. The lowest BCUT2D eigenvalue weighted by Crippen LogP contribution is -2.35. The van der Waals surface area contributed by atoms with Crippen LogP contribution < -0.4 is 10.6 Å². The van der Waals surface area contributed by atoms with Crippen molar-refractivity contribution in [2.24, 2.45) is 5.41 Å². The summed E-state index contributed by atoms with van der Waals surface area (Å²) in [6, 6.07) is 6.92. The Labute approximate surface area is 127 Å². The summed E-state index contributed by atoms with van der Waals surface area (Å²) in [4.78, 5) is 11.5. The molecule has 3 rings (SSSR count). The highest BCUT2D eigenvalue weighted by Crippen LogP contribution is 2.47. The van der Waals surface area contributed by atoms with Crippen molar-refractivity contribution in [2.75, 3.05) is 11.9 Å². The van der Waals surface area contributed by atoms with Gasteiger partial charge in [0.15, 0.2) is 0 Å². The number of carbonyl (C=O) groups excluding carboxylic acids is 1. The zero-order valence-electron chi connectivity index (χ0n) is 13.2. The Morgan fingerprint density at radius 3 is 2.81 bits per heavy atom. The van der Waals surface area contributed by atoms with Gasteiger partial charge in [0, 0.05) is 11.7 Å². The summed E-state index contributed by atoms with van der Waals surface area (Å²) in [7, 11) is 0. The molecule has 0 saturated heterocycles. The van der Waals surface area contributed by atoms with E-state index in [4.69, 9.17) is 0 Å². The number of benzene rings is 1. The number of hydrogen-bond donors (Lipinski definition) is 2. The van der Waals surface area contributed by atoms with Crippen LogP contribution in [-0.2, 0) is 11.2 Å². The van der Waals surface area contributed by atoms with E-state index in [9.17, 15) is 4.79 Å². The summed E-state index contributed by atoms with van der Waals surface area (Å²) in [6.45, 7) is 5.69. The predicted molar refractivity (Wildman–Crippen MR) is 86.4 cm³/mol. The molecule has 3 nitrogen and oxygen atoms in total. The lowest BCUT2D eigenvalue weighted by molar-refractivity contribution is -0.115. The van der Waals surface area contributed by atoms with E-state index in [2.05, 4.69) is 42.7 Å². The monoisotopic (exact) mass is 286 g/mol. The van der Waals surface area contributed by atoms with Gasteiger partial charge in [-0.15, -0.1) is 0 Å². The molecule has 21 heavy (non-hydrogen) atoms. The number of carbonyl (C=O) groups is 1. The van der Waals surface area contributed by atoms with Gasteiger partial charge >= 0.3 is 0 Å². The number of nitrogens with one attached hydrogen (secondary N) is 2. The first-order chi connectivity index (χ1) is 10.1.